The number of sulfonamides is 1. The average Bonchev–Trinajstić information content (AvgIpc) is 2.68. The fraction of sp³-hybridized carbons (Fsp3) is 0.550. The maximum atomic E-state index is 12.9. The molecule has 1 aliphatic heterocycles. The van der Waals surface area contributed by atoms with E-state index in [0.717, 1.165) is 19.4 Å². The summed E-state index contributed by atoms with van der Waals surface area (Å²) in [5.74, 6) is -1.79. The van der Waals surface area contributed by atoms with Gasteiger partial charge in [0.2, 0.25) is 0 Å². The fourth-order valence-electron chi connectivity index (χ4n) is 3.08. The summed E-state index contributed by atoms with van der Waals surface area (Å²) in [4.78, 5) is 35.0. The summed E-state index contributed by atoms with van der Waals surface area (Å²) in [6.45, 7) is 6.85. The van der Waals surface area contributed by atoms with Crippen LogP contribution in [0.2, 0.25) is 0 Å². The molecule has 12 heteroatoms. The predicted octanol–water partition coefficient (Wildman–Crippen LogP) is 1.66. The van der Waals surface area contributed by atoms with Crippen molar-refractivity contribution in [2.24, 2.45) is 3.77 Å². The van der Waals surface area contributed by atoms with Crippen LogP contribution >= 0.6 is 0 Å². The second-order valence-corrected chi connectivity index (χ2v) is 10.9. The van der Waals surface area contributed by atoms with E-state index in [0.29, 0.717) is 0 Å². The first kappa shape index (κ1) is 25.9. The molecule has 178 valence electrons. The van der Waals surface area contributed by atoms with Crippen molar-refractivity contribution in [2.45, 2.75) is 63.3 Å². The van der Waals surface area contributed by atoms with Crippen LogP contribution in [0.1, 0.15) is 33.3 Å². The van der Waals surface area contributed by atoms with Gasteiger partial charge in [0.05, 0.1) is 11.5 Å². The van der Waals surface area contributed by atoms with Crippen LogP contribution in [0.15, 0.2) is 32.9 Å². The van der Waals surface area contributed by atoms with Gasteiger partial charge in [-0.3, -0.25) is 14.4 Å². The van der Waals surface area contributed by atoms with Crippen LogP contribution in [-0.2, 0) is 54.0 Å². The molecule has 1 unspecified atom stereocenters. The normalized spacial score (nSPS) is 24.4. The lowest BCUT2D eigenvalue weighted by Crippen LogP contribution is -2.58. The van der Waals surface area contributed by atoms with Gasteiger partial charge in [-0.15, -0.1) is 3.77 Å². The molecule has 0 aliphatic carbocycles. The molecule has 1 aromatic rings. The Bertz CT molecular complexity index is 989. The van der Waals surface area contributed by atoms with Crippen LogP contribution in [0.4, 0.5) is 0 Å². The van der Waals surface area contributed by atoms with Crippen LogP contribution in [-0.4, -0.2) is 62.4 Å². The summed E-state index contributed by atoms with van der Waals surface area (Å²) in [5, 5.41) is 0. The molecule has 0 N–H and O–H groups in total. The van der Waals surface area contributed by atoms with Crippen molar-refractivity contribution in [1.82, 2.24) is 0 Å². The number of carbonyl (C=O) groups excluding carboxylic acids is 3. The van der Waals surface area contributed by atoms with Crippen LogP contribution in [0.5, 0.6) is 0 Å². The number of esters is 3. The van der Waals surface area contributed by atoms with Crippen molar-refractivity contribution in [3.8, 4) is 0 Å². The zero-order valence-corrected chi connectivity index (χ0v) is 20.1. The van der Waals surface area contributed by atoms with Gasteiger partial charge in [0.1, 0.15) is 0 Å². The molecule has 0 radical (unpaired) electrons. The minimum absolute atomic E-state index is 0.0169. The molecule has 1 aromatic carbocycles. The van der Waals surface area contributed by atoms with Gasteiger partial charge in [-0.1, -0.05) is 24.6 Å². The van der Waals surface area contributed by atoms with Gasteiger partial charge in [-0.25, -0.2) is 0 Å². The Labute approximate surface area is 189 Å². The van der Waals surface area contributed by atoms with Gasteiger partial charge in [-0.05, 0) is 29.7 Å². The van der Waals surface area contributed by atoms with Crippen molar-refractivity contribution >= 4 is 38.6 Å². The molecule has 5 atom stereocenters. The molecular weight excluding hydrogens is 462 g/mol. The quantitative estimate of drug-likeness (QED) is 0.414. The molecule has 0 saturated carbocycles. The predicted molar refractivity (Wildman–Crippen MR) is 115 cm³/mol. The Morgan fingerprint density at radius 2 is 1.53 bits per heavy atom. The SMILES string of the molecule is CCS(=NS(=O)(=O)c1ccc(C)cc1)[C@H]1OC[C@@H](OC(C)=O)[C@H](OC(C)=O)[C@H]1OC(C)=O. The lowest BCUT2D eigenvalue weighted by molar-refractivity contribution is -0.213. The third-order valence-corrected chi connectivity index (χ3v) is 8.33. The van der Waals surface area contributed by atoms with Crippen LogP contribution in [0, 0.1) is 6.92 Å². The topological polar surface area (TPSA) is 135 Å². The van der Waals surface area contributed by atoms with E-state index in [1.807, 2.05) is 6.92 Å². The Balaban J connectivity index is 2.49. The maximum absolute atomic E-state index is 12.9. The van der Waals surface area contributed by atoms with E-state index in [1.165, 1.54) is 19.1 Å². The van der Waals surface area contributed by atoms with E-state index >= 15 is 0 Å². The number of rotatable bonds is 7. The minimum atomic E-state index is -4.04. The number of hydrogen-bond acceptors (Lipinski definition) is 9. The van der Waals surface area contributed by atoms with Crippen molar-refractivity contribution in [3.05, 3.63) is 29.8 Å². The Morgan fingerprint density at radius 1 is 1.00 bits per heavy atom. The van der Waals surface area contributed by atoms with E-state index in [9.17, 15) is 22.8 Å². The van der Waals surface area contributed by atoms with Crippen LogP contribution in [0.3, 0.4) is 0 Å². The Hall–Kier alpha value is -2.31. The third kappa shape index (κ3) is 6.84. The second kappa shape index (κ2) is 11.0. The molecule has 10 nitrogen and oxygen atoms in total. The van der Waals surface area contributed by atoms with E-state index in [2.05, 4.69) is 3.77 Å². The van der Waals surface area contributed by atoms with Gasteiger partial charge >= 0.3 is 17.9 Å². The van der Waals surface area contributed by atoms with Crippen molar-refractivity contribution in [2.75, 3.05) is 12.4 Å². The molecule has 1 heterocycles. The van der Waals surface area contributed by atoms with Crippen molar-refractivity contribution in [3.63, 3.8) is 0 Å². The molecule has 0 amide bonds. The Morgan fingerprint density at radius 3 is 2.03 bits per heavy atom. The van der Waals surface area contributed by atoms with Gasteiger partial charge < -0.3 is 18.9 Å². The number of benzene rings is 1. The zero-order chi connectivity index (χ0) is 24.1. The largest absolute Gasteiger partial charge is 0.456 e. The Kier molecular flexibility index (Phi) is 8.93. The van der Waals surface area contributed by atoms with Gasteiger partial charge in [-0.2, -0.15) is 8.42 Å². The molecule has 1 saturated heterocycles. The highest BCUT2D eigenvalue weighted by Crippen LogP contribution is 2.28. The third-order valence-electron chi connectivity index (χ3n) is 4.38. The first-order valence-electron chi connectivity index (χ1n) is 9.82. The van der Waals surface area contributed by atoms with Crippen LogP contribution < -0.4 is 0 Å². The van der Waals surface area contributed by atoms with Crippen LogP contribution in [0.25, 0.3) is 0 Å². The fourth-order valence-corrected chi connectivity index (χ4v) is 6.76. The van der Waals surface area contributed by atoms with E-state index in [-0.39, 0.29) is 17.3 Å². The highest BCUT2D eigenvalue weighted by atomic mass is 32.3. The molecule has 1 aliphatic rings. The lowest BCUT2D eigenvalue weighted by Gasteiger charge is -2.40. The number of nitrogens with zero attached hydrogens (tertiary/aromatic N) is 1. The standard InChI is InChI=1S/C20H27NO9S2/c1-6-31(21-32(25,26)16-9-7-12(2)8-10-16)20-19(30-15(5)24)18(29-14(4)23)17(11-27-20)28-13(3)22/h7-10,17-20H,6,11H2,1-5H3/t17-,18+,19-,20-,31?/m1/s1. The number of aryl methyl sites for hydroxylation is 1. The molecular formula is C20H27NO9S2. The first-order valence-corrected chi connectivity index (χ1v) is 12.7. The average molecular weight is 490 g/mol. The lowest BCUT2D eigenvalue weighted by atomic mass is 10.1. The monoisotopic (exact) mass is 489 g/mol. The summed E-state index contributed by atoms with van der Waals surface area (Å²) in [5.41, 5.74) is -0.134. The summed E-state index contributed by atoms with van der Waals surface area (Å²) in [6.07, 6.45) is -3.44. The van der Waals surface area contributed by atoms with E-state index in [4.69, 9.17) is 18.9 Å². The van der Waals surface area contributed by atoms with E-state index in [1.54, 1.807) is 19.1 Å². The van der Waals surface area contributed by atoms with Gasteiger partial charge in [0, 0.05) is 26.5 Å². The smallest absolute Gasteiger partial charge is 0.303 e. The summed E-state index contributed by atoms with van der Waals surface area (Å²) < 4.78 is 51.4. The minimum Gasteiger partial charge on any atom is -0.456 e. The van der Waals surface area contributed by atoms with Gasteiger partial charge in [0.15, 0.2) is 23.7 Å². The second-order valence-electron chi connectivity index (χ2n) is 7.05. The number of carbonyl (C=O) groups is 3. The number of ether oxygens (including phenoxy) is 4. The highest BCUT2D eigenvalue weighted by Gasteiger charge is 2.48. The zero-order valence-electron chi connectivity index (χ0n) is 18.5. The number of hydrogen-bond donors (Lipinski definition) is 0. The molecule has 0 aromatic heterocycles. The first-order chi connectivity index (χ1) is 14.9. The van der Waals surface area contributed by atoms with Crippen molar-refractivity contribution < 1.29 is 41.7 Å². The summed E-state index contributed by atoms with van der Waals surface area (Å²) in [6, 6.07) is 6.22. The summed E-state index contributed by atoms with van der Waals surface area (Å²) >= 11 is 0. The van der Waals surface area contributed by atoms with Gasteiger partial charge in [0.25, 0.3) is 10.0 Å². The molecule has 32 heavy (non-hydrogen) atoms. The van der Waals surface area contributed by atoms with Crippen molar-refractivity contribution in [1.29, 1.82) is 0 Å². The molecule has 0 spiro atoms. The molecule has 2 rings (SSSR count). The summed E-state index contributed by atoms with van der Waals surface area (Å²) in [7, 11) is -5.34. The molecule has 0 bridgehead atoms. The highest BCUT2D eigenvalue weighted by molar-refractivity contribution is 8.00. The van der Waals surface area contributed by atoms with E-state index < -0.39 is 62.4 Å². The molecule has 1 fully saturated rings. The maximum Gasteiger partial charge on any atom is 0.303 e.